The third-order valence-electron chi connectivity index (χ3n) is 6.02. The van der Waals surface area contributed by atoms with Crippen LogP contribution >= 0.6 is 0 Å². The molecule has 2 N–H and O–H groups in total. The van der Waals surface area contributed by atoms with E-state index in [-0.39, 0.29) is 11.5 Å². The molecule has 0 atom stereocenters. The van der Waals surface area contributed by atoms with Crippen molar-refractivity contribution in [1.29, 1.82) is 0 Å². The van der Waals surface area contributed by atoms with Crippen LogP contribution in [0, 0.1) is 0 Å². The number of nitrogens with zero attached hydrogens (tertiary/aromatic N) is 1. The van der Waals surface area contributed by atoms with Crippen molar-refractivity contribution in [1.82, 2.24) is 4.90 Å². The summed E-state index contributed by atoms with van der Waals surface area (Å²) in [5.41, 5.74) is 7.95. The highest BCUT2D eigenvalue weighted by Crippen LogP contribution is 2.43. The first-order valence-corrected chi connectivity index (χ1v) is 10.3. The molecule has 0 saturated carbocycles. The fraction of sp³-hybridized carbons (Fsp3) is 0.154. The zero-order valence-electron chi connectivity index (χ0n) is 17.2. The van der Waals surface area contributed by atoms with Crippen molar-refractivity contribution in [2.24, 2.45) is 0 Å². The van der Waals surface area contributed by atoms with Crippen molar-refractivity contribution in [2.45, 2.75) is 13.0 Å². The van der Waals surface area contributed by atoms with E-state index in [1.165, 1.54) is 11.1 Å². The predicted octanol–water partition coefficient (Wildman–Crippen LogP) is 4.53. The van der Waals surface area contributed by atoms with Gasteiger partial charge in [-0.25, -0.2) is 4.79 Å². The Hall–Kier alpha value is -3.70. The number of carbonyl (C=O) groups excluding carboxylic acids is 1. The average Bonchev–Trinajstić information content (AvgIpc) is 3.09. The van der Waals surface area contributed by atoms with Crippen LogP contribution in [0.4, 0.5) is 5.69 Å². The van der Waals surface area contributed by atoms with Gasteiger partial charge in [0.1, 0.15) is 0 Å². The van der Waals surface area contributed by atoms with Crippen LogP contribution in [0.1, 0.15) is 32.6 Å². The Bertz CT molecular complexity index is 1250. The molecule has 5 heteroatoms. The van der Waals surface area contributed by atoms with Gasteiger partial charge in [0, 0.05) is 24.2 Å². The topological polar surface area (TPSA) is 69.6 Å². The van der Waals surface area contributed by atoms with Crippen LogP contribution in [0.3, 0.4) is 0 Å². The number of carbonyl (C=O) groups is 2. The minimum atomic E-state index is -0.986. The molecule has 2 aliphatic rings. The summed E-state index contributed by atoms with van der Waals surface area (Å²) < 4.78 is 0. The third kappa shape index (κ3) is 3.43. The van der Waals surface area contributed by atoms with Gasteiger partial charge in [0.25, 0.3) is 5.91 Å². The Kier molecular flexibility index (Phi) is 4.68. The third-order valence-corrected chi connectivity index (χ3v) is 6.02. The van der Waals surface area contributed by atoms with Crippen molar-refractivity contribution in [3.63, 3.8) is 0 Å². The number of fused-ring (bicyclic) bond motifs is 3. The SMILES string of the molecule is CN1CCc2c(-c3ccccc3)cc3c(c2C1)NC(=O)/C3=C/c1cccc(C(=O)O)c1. The lowest BCUT2D eigenvalue weighted by Gasteiger charge is -2.29. The summed E-state index contributed by atoms with van der Waals surface area (Å²) in [6.45, 7) is 1.75. The smallest absolute Gasteiger partial charge is 0.335 e. The minimum absolute atomic E-state index is 0.156. The Morgan fingerprint density at radius 3 is 2.61 bits per heavy atom. The van der Waals surface area contributed by atoms with Crippen molar-refractivity contribution in [2.75, 3.05) is 18.9 Å². The number of aromatic carboxylic acids is 1. The zero-order chi connectivity index (χ0) is 21.5. The number of nitrogens with one attached hydrogen (secondary N) is 1. The number of likely N-dealkylation sites (N-methyl/N-ethyl adjacent to an activating group) is 1. The molecule has 5 nitrogen and oxygen atoms in total. The highest BCUT2D eigenvalue weighted by Gasteiger charge is 2.31. The van der Waals surface area contributed by atoms with Crippen LogP contribution in [0.25, 0.3) is 22.8 Å². The fourth-order valence-corrected chi connectivity index (χ4v) is 4.50. The van der Waals surface area contributed by atoms with E-state index in [2.05, 4.69) is 35.5 Å². The summed E-state index contributed by atoms with van der Waals surface area (Å²) >= 11 is 0. The number of carboxylic acid groups (broad SMARTS) is 1. The van der Waals surface area contributed by atoms with Crippen LogP contribution in [-0.4, -0.2) is 35.5 Å². The minimum Gasteiger partial charge on any atom is -0.478 e. The molecule has 2 aliphatic heterocycles. The molecule has 0 fully saturated rings. The largest absolute Gasteiger partial charge is 0.478 e. The molecule has 154 valence electrons. The number of benzene rings is 3. The maximum absolute atomic E-state index is 13.0. The van der Waals surface area contributed by atoms with Gasteiger partial charge in [-0.15, -0.1) is 0 Å². The molecule has 3 aromatic carbocycles. The second-order valence-electron chi connectivity index (χ2n) is 8.10. The van der Waals surface area contributed by atoms with E-state index in [0.29, 0.717) is 11.1 Å². The molecule has 3 aromatic rings. The Labute approximate surface area is 180 Å². The summed E-state index contributed by atoms with van der Waals surface area (Å²) in [5.74, 6) is -1.14. The van der Waals surface area contributed by atoms with Crippen LogP contribution in [0.2, 0.25) is 0 Å². The standard InChI is InChI=1S/C26H22N2O3/c1-28-11-10-19-20(17-7-3-2-4-8-17)14-21-22(25(29)27-24(21)23(19)15-28)13-16-6-5-9-18(12-16)26(30)31/h2-9,12-14H,10-11,15H2,1H3,(H,27,29)(H,30,31)/b22-13+. The van der Waals surface area contributed by atoms with Gasteiger partial charge >= 0.3 is 5.97 Å². The number of hydrogen-bond donors (Lipinski definition) is 2. The monoisotopic (exact) mass is 410 g/mol. The van der Waals surface area contributed by atoms with Crippen molar-refractivity contribution >= 4 is 29.2 Å². The average molecular weight is 410 g/mol. The second-order valence-corrected chi connectivity index (χ2v) is 8.10. The number of rotatable bonds is 3. The molecule has 0 aromatic heterocycles. The van der Waals surface area contributed by atoms with Gasteiger partial charge in [0.15, 0.2) is 0 Å². The molecule has 0 radical (unpaired) electrons. The number of amides is 1. The molecule has 0 bridgehead atoms. The van der Waals surface area contributed by atoms with E-state index in [0.717, 1.165) is 41.9 Å². The van der Waals surface area contributed by atoms with Crippen molar-refractivity contribution < 1.29 is 14.7 Å². The van der Waals surface area contributed by atoms with E-state index >= 15 is 0 Å². The van der Waals surface area contributed by atoms with E-state index in [1.807, 2.05) is 24.3 Å². The summed E-state index contributed by atoms with van der Waals surface area (Å²) in [4.78, 5) is 26.6. The van der Waals surface area contributed by atoms with Crippen molar-refractivity contribution in [3.8, 4) is 11.1 Å². The first-order valence-electron chi connectivity index (χ1n) is 10.3. The Balaban J connectivity index is 1.70. The van der Waals surface area contributed by atoms with Crippen LogP contribution < -0.4 is 5.32 Å². The van der Waals surface area contributed by atoms with Gasteiger partial charge in [-0.05, 0) is 65.6 Å². The maximum atomic E-state index is 13.0. The zero-order valence-corrected chi connectivity index (χ0v) is 17.2. The summed E-state index contributed by atoms with van der Waals surface area (Å²) in [6, 6.07) is 19.0. The first-order chi connectivity index (χ1) is 15.0. The maximum Gasteiger partial charge on any atom is 0.335 e. The summed E-state index contributed by atoms with van der Waals surface area (Å²) in [7, 11) is 2.09. The quantitative estimate of drug-likeness (QED) is 0.623. The van der Waals surface area contributed by atoms with Crippen LogP contribution in [0.15, 0.2) is 60.7 Å². The highest BCUT2D eigenvalue weighted by molar-refractivity contribution is 6.35. The van der Waals surface area contributed by atoms with Crippen molar-refractivity contribution in [3.05, 3.63) is 88.5 Å². The molecular weight excluding hydrogens is 388 g/mol. The number of carboxylic acids is 1. The lowest BCUT2D eigenvalue weighted by Crippen LogP contribution is -2.27. The summed E-state index contributed by atoms with van der Waals surface area (Å²) in [6.07, 6.45) is 2.71. The summed E-state index contributed by atoms with van der Waals surface area (Å²) in [5, 5.41) is 12.4. The Morgan fingerprint density at radius 2 is 1.84 bits per heavy atom. The normalized spacial score (nSPS) is 16.7. The second kappa shape index (κ2) is 7.52. The van der Waals surface area contributed by atoms with E-state index in [9.17, 15) is 14.7 Å². The van der Waals surface area contributed by atoms with Gasteiger partial charge < -0.3 is 15.3 Å². The van der Waals surface area contributed by atoms with E-state index in [4.69, 9.17) is 0 Å². The van der Waals surface area contributed by atoms with Crippen LogP contribution in [-0.2, 0) is 17.8 Å². The van der Waals surface area contributed by atoms with Gasteiger partial charge in [0.2, 0.25) is 0 Å². The van der Waals surface area contributed by atoms with Gasteiger partial charge in [-0.1, -0.05) is 42.5 Å². The molecule has 1 amide bonds. The molecule has 5 rings (SSSR count). The number of hydrogen-bond acceptors (Lipinski definition) is 3. The number of anilines is 1. The van der Waals surface area contributed by atoms with Gasteiger partial charge in [0.05, 0.1) is 11.3 Å². The molecule has 0 aliphatic carbocycles. The van der Waals surface area contributed by atoms with E-state index in [1.54, 1.807) is 24.3 Å². The van der Waals surface area contributed by atoms with Crippen LogP contribution in [0.5, 0.6) is 0 Å². The Morgan fingerprint density at radius 1 is 1.03 bits per heavy atom. The molecule has 0 unspecified atom stereocenters. The fourth-order valence-electron chi connectivity index (χ4n) is 4.50. The molecule has 2 heterocycles. The highest BCUT2D eigenvalue weighted by atomic mass is 16.4. The van der Waals surface area contributed by atoms with Gasteiger partial charge in [-0.3, -0.25) is 4.79 Å². The molecule has 0 saturated heterocycles. The van der Waals surface area contributed by atoms with E-state index < -0.39 is 5.97 Å². The molecule has 31 heavy (non-hydrogen) atoms. The predicted molar refractivity (Wildman–Crippen MR) is 122 cm³/mol. The first kappa shape index (κ1) is 19.3. The van der Waals surface area contributed by atoms with Gasteiger partial charge in [-0.2, -0.15) is 0 Å². The molecular formula is C26H22N2O3. The molecule has 0 spiro atoms. The lowest BCUT2D eigenvalue weighted by atomic mass is 9.86. The lowest BCUT2D eigenvalue weighted by molar-refractivity contribution is -0.110.